The number of hydrogen-bond donors (Lipinski definition) is 2. The highest BCUT2D eigenvalue weighted by Gasteiger charge is 2.23. The summed E-state index contributed by atoms with van der Waals surface area (Å²) in [5.41, 5.74) is 4.84. The average Bonchev–Trinajstić information content (AvgIpc) is 2.24. The number of carbonyl (C=O) groups excluding carboxylic acids is 3. The van der Waals surface area contributed by atoms with Crippen molar-refractivity contribution in [2.45, 2.75) is 26.8 Å². The van der Waals surface area contributed by atoms with E-state index in [4.69, 9.17) is 10.5 Å². The van der Waals surface area contributed by atoms with Gasteiger partial charge in [-0.1, -0.05) is 6.92 Å². The van der Waals surface area contributed by atoms with Crippen molar-refractivity contribution in [1.29, 1.82) is 0 Å². The molecule has 0 aromatic carbocycles. The third kappa shape index (κ3) is 5.86. The van der Waals surface area contributed by atoms with Crippen molar-refractivity contribution >= 4 is 17.9 Å². The maximum absolute atomic E-state index is 11.5. The largest absolute Gasteiger partial charge is 0.465 e. The Bertz CT molecular complexity index is 293. The van der Waals surface area contributed by atoms with Gasteiger partial charge in [-0.25, -0.2) is 4.79 Å². The number of esters is 1. The molecule has 98 valence electrons. The van der Waals surface area contributed by atoms with E-state index in [1.54, 1.807) is 25.7 Å². The number of imide groups is 1. The van der Waals surface area contributed by atoms with Crippen LogP contribution in [0, 0.1) is 0 Å². The summed E-state index contributed by atoms with van der Waals surface area (Å²) in [6.45, 7) is 5.85. The summed E-state index contributed by atoms with van der Waals surface area (Å²) in [6.07, 6.45) is 0. The van der Waals surface area contributed by atoms with Gasteiger partial charge >= 0.3 is 12.0 Å². The Kier molecular flexibility index (Phi) is 6.88. The summed E-state index contributed by atoms with van der Waals surface area (Å²) < 4.78 is 4.78. The summed E-state index contributed by atoms with van der Waals surface area (Å²) in [7, 11) is 0. The maximum atomic E-state index is 11.5. The second kappa shape index (κ2) is 7.61. The lowest BCUT2D eigenvalue weighted by molar-refractivity contribution is -0.145. The molecule has 0 radical (unpaired) electrons. The molecule has 17 heavy (non-hydrogen) atoms. The minimum Gasteiger partial charge on any atom is -0.465 e. The van der Waals surface area contributed by atoms with Crippen molar-refractivity contribution in [2.24, 2.45) is 5.73 Å². The highest BCUT2D eigenvalue weighted by molar-refractivity contribution is 5.96. The zero-order valence-corrected chi connectivity index (χ0v) is 10.4. The molecule has 0 fully saturated rings. The normalized spacial score (nSPS) is 12.0. The Morgan fingerprint density at radius 1 is 1.35 bits per heavy atom. The molecule has 0 bridgehead atoms. The molecule has 0 saturated carbocycles. The number of rotatable bonds is 6. The third-order valence-corrected chi connectivity index (χ3v) is 2.22. The van der Waals surface area contributed by atoms with Crippen molar-refractivity contribution in [3.8, 4) is 0 Å². The fourth-order valence-electron chi connectivity index (χ4n) is 1.29. The number of nitrogens with two attached hydrogens (primary N) is 1. The zero-order chi connectivity index (χ0) is 13.4. The molecule has 1 unspecified atom stereocenters. The van der Waals surface area contributed by atoms with Crippen LogP contribution in [0.3, 0.4) is 0 Å². The van der Waals surface area contributed by atoms with Gasteiger partial charge in [-0.05, 0) is 20.4 Å². The Hall–Kier alpha value is -1.63. The predicted octanol–water partition coefficient (Wildman–Crippen LogP) is -0.545. The summed E-state index contributed by atoms with van der Waals surface area (Å²) in [5.74, 6) is -0.947. The van der Waals surface area contributed by atoms with Crippen LogP contribution in [0.4, 0.5) is 4.79 Å². The fourth-order valence-corrected chi connectivity index (χ4v) is 1.29. The summed E-state index contributed by atoms with van der Waals surface area (Å²) >= 11 is 0. The highest BCUT2D eigenvalue weighted by atomic mass is 16.5. The second-order valence-corrected chi connectivity index (χ2v) is 3.40. The van der Waals surface area contributed by atoms with Crippen LogP contribution in [-0.4, -0.2) is 48.5 Å². The number of carbonyl (C=O) groups is 3. The fraction of sp³-hybridized carbons (Fsp3) is 0.700. The predicted molar refractivity (Wildman–Crippen MR) is 61.1 cm³/mol. The van der Waals surface area contributed by atoms with Gasteiger partial charge in [0.05, 0.1) is 19.2 Å². The van der Waals surface area contributed by atoms with Crippen molar-refractivity contribution in [3.63, 3.8) is 0 Å². The molecule has 3 amide bonds. The van der Waals surface area contributed by atoms with E-state index in [1.807, 2.05) is 5.32 Å². The van der Waals surface area contributed by atoms with Gasteiger partial charge in [-0.15, -0.1) is 0 Å². The smallest absolute Gasteiger partial charge is 0.320 e. The standard InChI is InChI=1S/C10H19N3O4/c1-4-13(6-8(14)17-5-2)7(3)9(15)12-10(11)16/h7H,4-6H2,1-3H3,(H3,11,12,15,16). The molecule has 3 N–H and O–H groups in total. The lowest BCUT2D eigenvalue weighted by Gasteiger charge is -2.25. The first-order valence-electron chi connectivity index (χ1n) is 5.42. The van der Waals surface area contributed by atoms with E-state index < -0.39 is 23.9 Å². The molecule has 0 aliphatic rings. The molecular formula is C10H19N3O4. The van der Waals surface area contributed by atoms with Crippen LogP contribution in [-0.2, 0) is 14.3 Å². The molecule has 7 heteroatoms. The second-order valence-electron chi connectivity index (χ2n) is 3.40. The van der Waals surface area contributed by atoms with Crippen LogP contribution in [0.5, 0.6) is 0 Å². The lowest BCUT2D eigenvalue weighted by atomic mass is 10.2. The molecule has 0 rings (SSSR count). The molecule has 0 aliphatic heterocycles. The number of nitrogens with one attached hydrogen (secondary N) is 1. The molecule has 0 spiro atoms. The lowest BCUT2D eigenvalue weighted by Crippen LogP contribution is -2.49. The van der Waals surface area contributed by atoms with Crippen LogP contribution in [0.15, 0.2) is 0 Å². The van der Waals surface area contributed by atoms with Gasteiger partial charge in [0.1, 0.15) is 0 Å². The first kappa shape index (κ1) is 15.4. The van der Waals surface area contributed by atoms with Crippen LogP contribution in [0.1, 0.15) is 20.8 Å². The summed E-state index contributed by atoms with van der Waals surface area (Å²) in [6, 6.07) is -1.54. The zero-order valence-electron chi connectivity index (χ0n) is 10.4. The van der Waals surface area contributed by atoms with E-state index in [2.05, 4.69) is 0 Å². The van der Waals surface area contributed by atoms with Crippen LogP contribution >= 0.6 is 0 Å². The summed E-state index contributed by atoms with van der Waals surface area (Å²) in [4.78, 5) is 34.9. The summed E-state index contributed by atoms with van der Waals surface area (Å²) in [5, 5.41) is 1.97. The van der Waals surface area contributed by atoms with Gasteiger partial charge in [0.25, 0.3) is 0 Å². The number of primary amides is 1. The molecule has 7 nitrogen and oxygen atoms in total. The Labute approximate surface area is 100 Å². The van der Waals surface area contributed by atoms with Crippen LogP contribution < -0.4 is 11.1 Å². The molecule has 1 atom stereocenters. The van der Waals surface area contributed by atoms with Crippen molar-refractivity contribution in [2.75, 3.05) is 19.7 Å². The number of likely N-dealkylation sites (N-methyl/N-ethyl adjacent to an activating group) is 1. The van der Waals surface area contributed by atoms with E-state index in [9.17, 15) is 14.4 Å². The topological polar surface area (TPSA) is 102 Å². The van der Waals surface area contributed by atoms with E-state index in [0.29, 0.717) is 6.54 Å². The molecule has 0 aromatic heterocycles. The number of amides is 3. The molecule has 0 aromatic rings. The quantitative estimate of drug-likeness (QED) is 0.612. The minimum atomic E-state index is -0.908. The van der Waals surface area contributed by atoms with Gasteiger partial charge in [0.15, 0.2) is 0 Å². The Balaban J connectivity index is 4.38. The van der Waals surface area contributed by atoms with E-state index in [0.717, 1.165) is 0 Å². The van der Waals surface area contributed by atoms with Crippen LogP contribution in [0.2, 0.25) is 0 Å². The van der Waals surface area contributed by atoms with E-state index in [-0.39, 0.29) is 13.2 Å². The van der Waals surface area contributed by atoms with Crippen molar-refractivity contribution in [3.05, 3.63) is 0 Å². The monoisotopic (exact) mass is 245 g/mol. The Morgan fingerprint density at radius 3 is 2.35 bits per heavy atom. The first-order valence-corrected chi connectivity index (χ1v) is 5.42. The van der Waals surface area contributed by atoms with Gasteiger partial charge in [0.2, 0.25) is 5.91 Å². The first-order chi connectivity index (χ1) is 7.92. The number of hydrogen-bond acceptors (Lipinski definition) is 5. The van der Waals surface area contributed by atoms with Gasteiger partial charge in [-0.3, -0.25) is 19.8 Å². The van der Waals surface area contributed by atoms with Gasteiger partial charge in [0, 0.05) is 0 Å². The molecular weight excluding hydrogens is 226 g/mol. The molecule has 0 saturated heterocycles. The maximum Gasteiger partial charge on any atom is 0.320 e. The van der Waals surface area contributed by atoms with Crippen molar-refractivity contribution < 1.29 is 19.1 Å². The SMILES string of the molecule is CCOC(=O)CN(CC)C(C)C(=O)NC(N)=O. The van der Waals surface area contributed by atoms with E-state index >= 15 is 0 Å². The number of ether oxygens (including phenoxy) is 1. The third-order valence-electron chi connectivity index (χ3n) is 2.22. The molecule has 0 heterocycles. The highest BCUT2D eigenvalue weighted by Crippen LogP contribution is 1.99. The number of nitrogens with zero attached hydrogens (tertiary/aromatic N) is 1. The Morgan fingerprint density at radius 2 is 1.94 bits per heavy atom. The molecule has 0 aliphatic carbocycles. The van der Waals surface area contributed by atoms with Gasteiger partial charge in [-0.2, -0.15) is 0 Å². The van der Waals surface area contributed by atoms with E-state index in [1.165, 1.54) is 0 Å². The van der Waals surface area contributed by atoms with Crippen LogP contribution in [0.25, 0.3) is 0 Å². The average molecular weight is 245 g/mol. The van der Waals surface area contributed by atoms with Crippen molar-refractivity contribution in [1.82, 2.24) is 10.2 Å². The number of urea groups is 1. The minimum absolute atomic E-state index is 0.00229. The van der Waals surface area contributed by atoms with Gasteiger partial charge < -0.3 is 10.5 Å².